The Balaban J connectivity index is 2.55. The van der Waals surface area contributed by atoms with Gasteiger partial charge in [-0.1, -0.05) is 36.9 Å². The molecule has 0 radical (unpaired) electrons. The molecule has 6 heteroatoms. The van der Waals surface area contributed by atoms with E-state index in [9.17, 15) is 5.11 Å². The van der Waals surface area contributed by atoms with Gasteiger partial charge >= 0.3 is 0 Å². The fourth-order valence-corrected chi connectivity index (χ4v) is 2.80. The molecule has 1 N–H and O–H groups in total. The number of rotatable bonds is 5. The van der Waals surface area contributed by atoms with E-state index in [2.05, 4.69) is 10.2 Å². The molecular weight excluding hydrogens is 242 g/mol. The van der Waals surface area contributed by atoms with E-state index < -0.39 is 5.60 Å². The van der Waals surface area contributed by atoms with Crippen LogP contribution in [0.25, 0.3) is 0 Å². The largest absolute Gasteiger partial charge is 0.389 e. The third-order valence-corrected chi connectivity index (χ3v) is 5.06. The third-order valence-electron chi connectivity index (χ3n) is 2.51. The maximum Gasteiger partial charge on any atom is 0.208 e. The SMILES string of the molecule is CC(C)C(C)(O)CSc1nnc(N(C)C)s1. The zero-order chi connectivity index (χ0) is 12.3. The van der Waals surface area contributed by atoms with Crippen LogP contribution in [0.1, 0.15) is 20.8 Å². The quantitative estimate of drug-likeness (QED) is 0.823. The molecule has 0 aliphatic heterocycles. The zero-order valence-corrected chi connectivity index (χ0v) is 12.0. The number of thioether (sulfide) groups is 1. The Bertz CT molecular complexity index is 337. The average Bonchev–Trinajstić information content (AvgIpc) is 2.63. The molecule has 0 aliphatic carbocycles. The Kier molecular flexibility index (Phi) is 4.58. The van der Waals surface area contributed by atoms with Gasteiger partial charge in [0.25, 0.3) is 0 Å². The lowest BCUT2D eigenvalue weighted by Gasteiger charge is -2.26. The second kappa shape index (κ2) is 5.33. The van der Waals surface area contributed by atoms with Crippen LogP contribution in [0.2, 0.25) is 0 Å². The minimum Gasteiger partial charge on any atom is -0.389 e. The van der Waals surface area contributed by atoms with Crippen LogP contribution in [0.15, 0.2) is 4.34 Å². The minimum absolute atomic E-state index is 0.237. The first-order valence-electron chi connectivity index (χ1n) is 5.19. The summed E-state index contributed by atoms with van der Waals surface area (Å²) in [6.07, 6.45) is 0. The summed E-state index contributed by atoms with van der Waals surface area (Å²) in [5.41, 5.74) is -0.658. The highest BCUT2D eigenvalue weighted by Gasteiger charge is 2.25. The molecule has 0 saturated heterocycles. The molecule has 0 saturated carbocycles. The van der Waals surface area contributed by atoms with Crippen LogP contribution in [-0.2, 0) is 0 Å². The fourth-order valence-electron chi connectivity index (χ4n) is 0.816. The topological polar surface area (TPSA) is 49.3 Å². The Hall–Kier alpha value is -0.330. The average molecular weight is 261 g/mol. The van der Waals surface area contributed by atoms with Crippen molar-refractivity contribution < 1.29 is 5.11 Å². The zero-order valence-electron chi connectivity index (χ0n) is 10.4. The van der Waals surface area contributed by atoms with Gasteiger partial charge < -0.3 is 10.0 Å². The Morgan fingerprint density at radius 2 is 2.06 bits per heavy atom. The van der Waals surface area contributed by atoms with Crippen LogP contribution < -0.4 is 4.90 Å². The standard InChI is InChI=1S/C10H19N3OS2/c1-7(2)10(3,14)6-15-9-12-11-8(16-9)13(4)5/h7,14H,6H2,1-5H3. The maximum atomic E-state index is 10.1. The predicted molar refractivity (Wildman–Crippen MR) is 70.4 cm³/mol. The molecule has 1 unspecified atom stereocenters. The first-order chi connectivity index (χ1) is 7.33. The Labute approximate surface area is 105 Å². The normalized spacial score (nSPS) is 15.2. The number of nitrogens with zero attached hydrogens (tertiary/aromatic N) is 3. The second-order valence-corrected chi connectivity index (χ2v) is 6.72. The monoisotopic (exact) mass is 261 g/mol. The molecule has 1 aromatic rings. The number of aromatic nitrogens is 2. The highest BCUT2D eigenvalue weighted by Crippen LogP contribution is 2.31. The van der Waals surface area contributed by atoms with E-state index in [4.69, 9.17) is 0 Å². The Morgan fingerprint density at radius 1 is 1.44 bits per heavy atom. The number of aliphatic hydroxyl groups is 1. The molecular formula is C10H19N3OS2. The van der Waals surface area contributed by atoms with Crippen molar-refractivity contribution in [3.63, 3.8) is 0 Å². The molecule has 4 nitrogen and oxygen atoms in total. The van der Waals surface area contributed by atoms with Crippen molar-refractivity contribution in [2.45, 2.75) is 30.7 Å². The van der Waals surface area contributed by atoms with Crippen LogP contribution in [0.3, 0.4) is 0 Å². The van der Waals surface area contributed by atoms with Crippen molar-refractivity contribution in [3.05, 3.63) is 0 Å². The van der Waals surface area contributed by atoms with Crippen molar-refractivity contribution in [3.8, 4) is 0 Å². The van der Waals surface area contributed by atoms with Gasteiger partial charge in [-0.05, 0) is 12.8 Å². The molecule has 1 atom stereocenters. The molecule has 0 amide bonds. The predicted octanol–water partition coefficient (Wildman–Crippen LogP) is 2.10. The summed E-state index contributed by atoms with van der Waals surface area (Å²) in [7, 11) is 3.89. The van der Waals surface area contributed by atoms with Gasteiger partial charge in [-0.25, -0.2) is 0 Å². The molecule has 0 bridgehead atoms. The maximum absolute atomic E-state index is 10.1. The molecule has 0 aliphatic rings. The summed E-state index contributed by atoms with van der Waals surface area (Å²) in [5.74, 6) is 0.883. The van der Waals surface area contributed by atoms with Crippen LogP contribution in [0, 0.1) is 5.92 Å². The summed E-state index contributed by atoms with van der Waals surface area (Å²) in [6, 6.07) is 0. The van der Waals surface area contributed by atoms with Gasteiger partial charge in [-0.3, -0.25) is 0 Å². The van der Waals surface area contributed by atoms with E-state index >= 15 is 0 Å². The van der Waals surface area contributed by atoms with Crippen molar-refractivity contribution >= 4 is 28.2 Å². The number of anilines is 1. The van der Waals surface area contributed by atoms with Gasteiger partial charge in [-0.2, -0.15) is 0 Å². The Morgan fingerprint density at radius 3 is 2.50 bits per heavy atom. The highest BCUT2D eigenvalue weighted by atomic mass is 32.2. The van der Waals surface area contributed by atoms with Crippen molar-refractivity contribution in [2.75, 3.05) is 24.7 Å². The summed E-state index contributed by atoms with van der Waals surface area (Å²) in [4.78, 5) is 1.93. The molecule has 1 rings (SSSR count). The summed E-state index contributed by atoms with van der Waals surface area (Å²) < 4.78 is 0.907. The molecule has 0 spiro atoms. The van der Waals surface area contributed by atoms with Crippen LogP contribution in [0.4, 0.5) is 5.13 Å². The van der Waals surface area contributed by atoms with Crippen molar-refractivity contribution in [1.29, 1.82) is 0 Å². The van der Waals surface area contributed by atoms with Gasteiger partial charge in [0.2, 0.25) is 5.13 Å². The van der Waals surface area contributed by atoms with E-state index in [-0.39, 0.29) is 5.92 Å². The molecule has 0 aromatic carbocycles. The lowest BCUT2D eigenvalue weighted by atomic mass is 9.95. The van der Waals surface area contributed by atoms with E-state index in [0.29, 0.717) is 5.75 Å². The summed E-state index contributed by atoms with van der Waals surface area (Å²) in [5, 5.41) is 19.1. The number of hydrogen-bond acceptors (Lipinski definition) is 6. The second-order valence-electron chi connectivity index (χ2n) is 4.55. The smallest absolute Gasteiger partial charge is 0.208 e. The molecule has 16 heavy (non-hydrogen) atoms. The molecule has 1 aromatic heterocycles. The van der Waals surface area contributed by atoms with Crippen molar-refractivity contribution in [1.82, 2.24) is 10.2 Å². The molecule has 0 fully saturated rings. The third kappa shape index (κ3) is 3.61. The first kappa shape index (κ1) is 13.7. The van der Waals surface area contributed by atoms with Crippen LogP contribution in [0.5, 0.6) is 0 Å². The van der Waals surface area contributed by atoms with E-state index in [1.807, 2.05) is 39.8 Å². The van der Waals surface area contributed by atoms with Crippen LogP contribution in [-0.4, -0.2) is 40.8 Å². The van der Waals surface area contributed by atoms with E-state index in [1.54, 1.807) is 23.1 Å². The van der Waals surface area contributed by atoms with Gasteiger partial charge in [0.15, 0.2) is 4.34 Å². The van der Waals surface area contributed by atoms with E-state index in [0.717, 1.165) is 9.47 Å². The lowest BCUT2D eigenvalue weighted by Crippen LogP contribution is -2.33. The fraction of sp³-hybridized carbons (Fsp3) is 0.800. The van der Waals surface area contributed by atoms with Gasteiger partial charge in [0, 0.05) is 19.8 Å². The van der Waals surface area contributed by atoms with E-state index in [1.165, 1.54) is 0 Å². The summed E-state index contributed by atoms with van der Waals surface area (Å²) >= 11 is 3.11. The summed E-state index contributed by atoms with van der Waals surface area (Å²) in [6.45, 7) is 5.90. The molecule has 1 heterocycles. The lowest BCUT2D eigenvalue weighted by molar-refractivity contribution is 0.0376. The van der Waals surface area contributed by atoms with Crippen molar-refractivity contribution in [2.24, 2.45) is 5.92 Å². The van der Waals surface area contributed by atoms with Crippen LogP contribution >= 0.6 is 23.1 Å². The minimum atomic E-state index is -0.658. The van der Waals surface area contributed by atoms with Gasteiger partial charge in [-0.15, -0.1) is 10.2 Å². The first-order valence-corrected chi connectivity index (χ1v) is 6.99. The van der Waals surface area contributed by atoms with Gasteiger partial charge in [0.05, 0.1) is 5.60 Å². The highest BCUT2D eigenvalue weighted by molar-refractivity contribution is 8.01. The van der Waals surface area contributed by atoms with Gasteiger partial charge in [0.1, 0.15) is 0 Å². The molecule has 92 valence electrons. The number of hydrogen-bond donors (Lipinski definition) is 1.